The number of hydrogen-bond donors (Lipinski definition) is 1. The Hall–Kier alpha value is -4.72. The number of rotatable bonds is 8. The highest BCUT2D eigenvalue weighted by Gasteiger charge is 2.33. The summed E-state index contributed by atoms with van der Waals surface area (Å²) in [6, 6.07) is 8.26. The van der Waals surface area contributed by atoms with Gasteiger partial charge in [0.05, 0.1) is 42.9 Å². The molecule has 0 spiro atoms. The van der Waals surface area contributed by atoms with Crippen molar-refractivity contribution in [1.29, 1.82) is 0 Å². The van der Waals surface area contributed by atoms with Crippen molar-refractivity contribution in [2.75, 3.05) is 43.1 Å². The van der Waals surface area contributed by atoms with Crippen molar-refractivity contribution >= 4 is 44.9 Å². The van der Waals surface area contributed by atoms with Crippen molar-refractivity contribution < 1.29 is 9.53 Å². The summed E-state index contributed by atoms with van der Waals surface area (Å²) in [7, 11) is 1.66. The topological polar surface area (TPSA) is 127 Å². The summed E-state index contributed by atoms with van der Waals surface area (Å²) in [4.78, 5) is 54.9. The number of hydrogen-bond acceptors (Lipinski definition) is 11. The number of piperazine rings is 1. The number of carbonyl (C=O) groups excluding carboxylic acids is 1. The predicted octanol–water partition coefficient (Wildman–Crippen LogP) is 4.34. The molecule has 0 amide bonds. The monoisotopic (exact) mass is 678 g/mol. The van der Waals surface area contributed by atoms with Gasteiger partial charge in [-0.1, -0.05) is 6.92 Å². The van der Waals surface area contributed by atoms with Crippen molar-refractivity contribution in [3.63, 3.8) is 0 Å². The van der Waals surface area contributed by atoms with Crippen LogP contribution < -0.4 is 21.3 Å². The molecule has 3 aliphatic rings. The van der Waals surface area contributed by atoms with Crippen LogP contribution in [0.25, 0.3) is 27.0 Å². The lowest BCUT2D eigenvalue weighted by molar-refractivity contribution is -0.0698. The van der Waals surface area contributed by atoms with Crippen LogP contribution in [0, 0.1) is 0 Å². The van der Waals surface area contributed by atoms with Gasteiger partial charge in [0.25, 0.3) is 11.1 Å². The number of aryl methyl sites for hydroxylation is 3. The van der Waals surface area contributed by atoms with E-state index in [1.54, 1.807) is 37.8 Å². The highest BCUT2D eigenvalue weighted by atomic mass is 32.1. The molecule has 12 nitrogen and oxygen atoms in total. The second-order valence-corrected chi connectivity index (χ2v) is 14.2. The van der Waals surface area contributed by atoms with E-state index in [2.05, 4.69) is 37.1 Å². The van der Waals surface area contributed by atoms with E-state index in [1.165, 1.54) is 31.0 Å². The minimum absolute atomic E-state index is 0.152. The maximum Gasteiger partial charge on any atom is 0.290 e. The first-order valence-electron chi connectivity index (χ1n) is 16.9. The molecule has 2 saturated heterocycles. The van der Waals surface area contributed by atoms with Crippen LogP contribution in [0.2, 0.25) is 0 Å². The number of aromatic nitrogens is 5. The van der Waals surface area contributed by atoms with Crippen molar-refractivity contribution in [2.45, 2.75) is 51.1 Å². The van der Waals surface area contributed by atoms with Crippen LogP contribution in [-0.4, -0.2) is 80.4 Å². The molecule has 0 saturated carbocycles. The van der Waals surface area contributed by atoms with E-state index in [1.807, 2.05) is 18.3 Å². The highest BCUT2D eigenvalue weighted by Crippen LogP contribution is 2.35. The molecule has 5 aromatic heterocycles. The maximum atomic E-state index is 13.7. The summed E-state index contributed by atoms with van der Waals surface area (Å²) in [6.45, 7) is 6.77. The first kappa shape index (κ1) is 31.5. The van der Waals surface area contributed by atoms with Crippen molar-refractivity contribution in [3.05, 3.63) is 85.8 Å². The lowest BCUT2D eigenvalue weighted by Crippen LogP contribution is -2.60. The van der Waals surface area contributed by atoms with Crippen LogP contribution in [-0.2, 0) is 24.6 Å². The molecule has 2 fully saturated rings. The van der Waals surface area contributed by atoms with E-state index >= 15 is 0 Å². The molecule has 252 valence electrons. The third-order valence-corrected chi connectivity index (χ3v) is 11.4. The number of ether oxygens (including phenoxy) is 1. The molecule has 1 atom stereocenters. The highest BCUT2D eigenvalue weighted by molar-refractivity contribution is 7.19. The van der Waals surface area contributed by atoms with E-state index in [-0.39, 0.29) is 22.5 Å². The first-order valence-corrected chi connectivity index (χ1v) is 17.7. The van der Waals surface area contributed by atoms with Gasteiger partial charge in [-0.15, -0.1) is 11.3 Å². The van der Waals surface area contributed by atoms with Crippen molar-refractivity contribution in [1.82, 2.24) is 29.2 Å². The SMILES string of the molecule is CC[C@H]1CN(C2COC2)CCN1c1ccc(Nc2cc(-c3ccnc(-n4ncc5c6c(sc5c4=O)CCCC6)c3C=O)cn(C)c2=O)nc1. The zero-order valence-electron chi connectivity index (χ0n) is 27.6. The minimum atomic E-state index is -0.290. The molecular formula is C36H38N8O4S. The number of aldehydes is 1. The van der Waals surface area contributed by atoms with Crippen LogP contribution in [0.15, 0.2) is 58.6 Å². The van der Waals surface area contributed by atoms with Gasteiger partial charge in [-0.3, -0.25) is 19.3 Å². The van der Waals surface area contributed by atoms with Gasteiger partial charge < -0.3 is 19.5 Å². The summed E-state index contributed by atoms with van der Waals surface area (Å²) in [5.74, 6) is 0.684. The third kappa shape index (κ3) is 5.65. The minimum Gasteiger partial charge on any atom is -0.378 e. The van der Waals surface area contributed by atoms with Gasteiger partial charge in [-0.05, 0) is 67.5 Å². The maximum absolute atomic E-state index is 13.7. The molecule has 0 bridgehead atoms. The average molecular weight is 679 g/mol. The molecule has 1 aliphatic carbocycles. The zero-order valence-corrected chi connectivity index (χ0v) is 28.4. The zero-order chi connectivity index (χ0) is 33.6. The quantitative estimate of drug-likeness (QED) is 0.237. The van der Waals surface area contributed by atoms with Gasteiger partial charge in [0.15, 0.2) is 12.1 Å². The van der Waals surface area contributed by atoms with Gasteiger partial charge in [0.1, 0.15) is 16.2 Å². The number of pyridine rings is 3. The molecule has 2 aliphatic heterocycles. The number of thiophene rings is 1. The number of nitrogens with one attached hydrogen (secondary N) is 1. The van der Waals surface area contributed by atoms with Crippen LogP contribution in [0.5, 0.6) is 0 Å². The Labute approximate surface area is 287 Å². The Bertz CT molecular complexity index is 2170. The number of anilines is 3. The Kier molecular flexibility index (Phi) is 8.34. The van der Waals surface area contributed by atoms with Gasteiger partial charge in [-0.2, -0.15) is 9.78 Å². The number of fused-ring (bicyclic) bond motifs is 3. The second kappa shape index (κ2) is 13.0. The molecule has 8 rings (SSSR count). The fraction of sp³-hybridized carbons (Fsp3) is 0.389. The smallest absolute Gasteiger partial charge is 0.290 e. The Morgan fingerprint density at radius 2 is 1.92 bits per heavy atom. The standard InChI is InChI=1S/C36H38N8O4S/c1-3-23-18-42(25-20-48-21-25)12-13-43(23)24-8-9-32(38-15-24)40-30-14-22(17-41(2)35(30)46)26-10-11-37-34(29(26)19-45)44-36(47)33-28(16-39-44)27-6-4-5-7-31(27)49-33/h8-11,14-17,19,23,25H,3-7,12-13,18,20-21H2,1-2H3,(H,38,40)/t23-/m0/s1. The lowest BCUT2D eigenvalue weighted by Gasteiger charge is -2.47. The predicted molar refractivity (Wildman–Crippen MR) is 191 cm³/mol. The normalized spacial score (nSPS) is 18.3. The van der Waals surface area contributed by atoms with Crippen LogP contribution >= 0.6 is 11.3 Å². The molecule has 0 unspecified atom stereocenters. The molecular weight excluding hydrogens is 641 g/mol. The van der Waals surface area contributed by atoms with Crippen molar-refractivity contribution in [2.24, 2.45) is 7.05 Å². The summed E-state index contributed by atoms with van der Waals surface area (Å²) >= 11 is 1.52. The summed E-state index contributed by atoms with van der Waals surface area (Å²) < 4.78 is 8.73. The van der Waals surface area contributed by atoms with E-state index in [9.17, 15) is 14.4 Å². The van der Waals surface area contributed by atoms with Crippen LogP contribution in [0.3, 0.4) is 0 Å². The molecule has 13 heteroatoms. The van der Waals surface area contributed by atoms with Gasteiger partial charge in [0.2, 0.25) is 0 Å². The molecule has 0 radical (unpaired) electrons. The molecule has 49 heavy (non-hydrogen) atoms. The fourth-order valence-electron chi connectivity index (χ4n) is 7.35. The van der Waals surface area contributed by atoms with Gasteiger partial charge in [-0.25, -0.2) is 9.97 Å². The molecule has 7 heterocycles. The lowest BCUT2D eigenvalue weighted by atomic mass is 9.97. The van der Waals surface area contributed by atoms with Gasteiger partial charge in [0, 0.05) is 60.9 Å². The summed E-state index contributed by atoms with van der Waals surface area (Å²) in [6.07, 6.45) is 12.7. The van der Waals surface area contributed by atoms with Crippen LogP contribution in [0.4, 0.5) is 17.2 Å². The Balaban J connectivity index is 1.08. The Morgan fingerprint density at radius 1 is 1.06 bits per heavy atom. The van der Waals surface area contributed by atoms with E-state index in [4.69, 9.17) is 4.74 Å². The number of nitrogens with zero attached hydrogens (tertiary/aromatic N) is 7. The van der Waals surface area contributed by atoms with E-state index < -0.39 is 0 Å². The summed E-state index contributed by atoms with van der Waals surface area (Å²) in [5, 5.41) is 8.57. The fourth-order valence-corrected chi connectivity index (χ4v) is 8.64. The molecule has 1 N–H and O–H groups in total. The first-order chi connectivity index (χ1) is 23.9. The van der Waals surface area contributed by atoms with Gasteiger partial charge >= 0.3 is 0 Å². The Morgan fingerprint density at radius 3 is 2.67 bits per heavy atom. The molecule has 5 aromatic rings. The van der Waals surface area contributed by atoms with Crippen LogP contribution in [0.1, 0.15) is 47.0 Å². The second-order valence-electron chi connectivity index (χ2n) is 13.1. The third-order valence-electron chi connectivity index (χ3n) is 10.1. The average Bonchev–Trinajstić information content (AvgIpc) is 3.49. The van der Waals surface area contributed by atoms with E-state index in [0.717, 1.165) is 76.0 Å². The number of carbonyl (C=O) groups is 1. The summed E-state index contributed by atoms with van der Waals surface area (Å²) in [5.41, 5.74) is 3.38. The van der Waals surface area contributed by atoms with E-state index in [0.29, 0.717) is 45.7 Å². The van der Waals surface area contributed by atoms with Crippen molar-refractivity contribution in [3.8, 4) is 16.9 Å². The largest absolute Gasteiger partial charge is 0.378 e. The molecule has 0 aromatic carbocycles.